The molecule has 0 radical (unpaired) electrons. The third-order valence-corrected chi connectivity index (χ3v) is 6.41. The van der Waals surface area contributed by atoms with E-state index in [1.165, 1.54) is 11.8 Å². The second kappa shape index (κ2) is 10.2. The Morgan fingerprint density at radius 1 is 1.13 bits per heavy atom. The van der Waals surface area contributed by atoms with Crippen molar-refractivity contribution in [2.75, 3.05) is 13.2 Å². The third kappa shape index (κ3) is 5.03. The van der Waals surface area contributed by atoms with E-state index in [2.05, 4.69) is 5.32 Å². The van der Waals surface area contributed by atoms with Gasteiger partial charge in [0.15, 0.2) is 17.9 Å². The molecule has 0 aliphatic carbocycles. The Bertz CT molecular complexity index is 819. The van der Waals surface area contributed by atoms with Gasteiger partial charge in [-0.15, -0.1) is 0 Å². The van der Waals surface area contributed by atoms with Gasteiger partial charge >= 0.3 is 5.97 Å². The summed E-state index contributed by atoms with van der Waals surface area (Å²) in [7, 11) is 0. The van der Waals surface area contributed by atoms with Gasteiger partial charge in [-0.05, 0) is 57.6 Å². The fourth-order valence-electron chi connectivity index (χ4n) is 4.81. The van der Waals surface area contributed by atoms with Crippen molar-refractivity contribution >= 4 is 23.4 Å². The number of Topliss-reactive ketones (excluding diaryl/α,β-unsaturated/α-hetero) is 2. The van der Waals surface area contributed by atoms with Gasteiger partial charge < -0.3 is 15.0 Å². The first-order valence-electron chi connectivity index (χ1n) is 11.2. The van der Waals surface area contributed by atoms with Gasteiger partial charge in [0, 0.05) is 19.4 Å². The number of carbonyl (C=O) groups excluding carboxylic acids is 4. The first-order valence-corrected chi connectivity index (χ1v) is 11.2. The van der Waals surface area contributed by atoms with Gasteiger partial charge in [-0.3, -0.25) is 19.2 Å². The van der Waals surface area contributed by atoms with E-state index in [0.717, 1.165) is 18.5 Å². The lowest BCUT2D eigenvalue weighted by molar-refractivity contribution is -0.159. The Morgan fingerprint density at radius 2 is 1.87 bits per heavy atom. The number of hydrogen-bond acceptors (Lipinski definition) is 6. The van der Waals surface area contributed by atoms with Crippen LogP contribution in [-0.4, -0.2) is 59.1 Å². The summed E-state index contributed by atoms with van der Waals surface area (Å²) in [4.78, 5) is 53.0. The molecule has 1 amide bonds. The number of nitrogens with zero attached hydrogens (tertiary/aromatic N) is 1. The van der Waals surface area contributed by atoms with E-state index >= 15 is 0 Å². The molecule has 3 rings (SSSR count). The predicted octanol–water partition coefficient (Wildman–Crippen LogP) is 2.21. The highest BCUT2D eigenvalue weighted by Gasteiger charge is 2.57. The van der Waals surface area contributed by atoms with Gasteiger partial charge in [0.25, 0.3) is 0 Å². The molecule has 7 heteroatoms. The van der Waals surface area contributed by atoms with Crippen LogP contribution < -0.4 is 5.32 Å². The number of carbonyl (C=O) groups is 4. The monoisotopic (exact) mass is 428 g/mol. The standard InChI is InChI=1S/C24H32N2O5/c1-17-13-14-24(22(29)16-31-18(2)27,26(17)23(30)20-11-7-15-25-20)21(28)12-6-10-19-8-4-3-5-9-19/h3-5,8-9,17,20,25H,6-7,10-16H2,1-2H3/t17-,20+,24+/m1/s1. The van der Waals surface area contributed by atoms with E-state index in [0.29, 0.717) is 25.7 Å². The molecule has 0 spiro atoms. The number of amides is 1. The predicted molar refractivity (Wildman–Crippen MR) is 115 cm³/mol. The average Bonchev–Trinajstić information content (AvgIpc) is 3.41. The summed E-state index contributed by atoms with van der Waals surface area (Å²) >= 11 is 0. The van der Waals surface area contributed by atoms with Crippen molar-refractivity contribution in [1.82, 2.24) is 10.2 Å². The van der Waals surface area contributed by atoms with Gasteiger partial charge in [-0.25, -0.2) is 0 Å². The zero-order valence-corrected chi connectivity index (χ0v) is 18.4. The number of esters is 1. The largest absolute Gasteiger partial charge is 0.458 e. The maximum Gasteiger partial charge on any atom is 0.303 e. The fraction of sp³-hybridized carbons (Fsp3) is 0.583. The number of likely N-dealkylation sites (tertiary alicyclic amines) is 1. The van der Waals surface area contributed by atoms with E-state index in [-0.39, 0.29) is 36.6 Å². The molecule has 1 N–H and O–H groups in total. The van der Waals surface area contributed by atoms with Crippen LogP contribution in [-0.2, 0) is 30.3 Å². The summed E-state index contributed by atoms with van der Waals surface area (Å²) in [5, 5.41) is 3.19. The number of rotatable bonds is 9. The third-order valence-electron chi connectivity index (χ3n) is 6.41. The maximum atomic E-state index is 13.5. The van der Waals surface area contributed by atoms with Crippen LogP contribution in [0.25, 0.3) is 0 Å². The smallest absolute Gasteiger partial charge is 0.303 e. The molecule has 3 atom stereocenters. The number of ether oxygens (including phenoxy) is 1. The van der Waals surface area contributed by atoms with Gasteiger partial charge in [-0.2, -0.15) is 0 Å². The highest BCUT2D eigenvalue weighted by atomic mass is 16.5. The van der Waals surface area contributed by atoms with Crippen molar-refractivity contribution in [3.63, 3.8) is 0 Å². The van der Waals surface area contributed by atoms with E-state index in [1.54, 1.807) is 0 Å². The molecule has 2 heterocycles. The molecule has 31 heavy (non-hydrogen) atoms. The Kier molecular flexibility index (Phi) is 7.59. The number of nitrogens with one attached hydrogen (secondary N) is 1. The number of ketones is 2. The van der Waals surface area contributed by atoms with Crippen LogP contribution in [0.5, 0.6) is 0 Å². The number of hydrogen-bond donors (Lipinski definition) is 1. The highest BCUT2D eigenvalue weighted by molar-refractivity contribution is 6.15. The van der Waals surface area contributed by atoms with Gasteiger partial charge in [-0.1, -0.05) is 30.3 Å². The normalized spacial score (nSPS) is 25.4. The number of benzene rings is 1. The quantitative estimate of drug-likeness (QED) is 0.479. The minimum absolute atomic E-state index is 0.190. The molecular formula is C24H32N2O5. The Balaban J connectivity index is 1.82. The lowest BCUT2D eigenvalue weighted by Crippen LogP contribution is -2.63. The Morgan fingerprint density at radius 3 is 2.52 bits per heavy atom. The zero-order chi connectivity index (χ0) is 22.4. The minimum atomic E-state index is -1.55. The van der Waals surface area contributed by atoms with Crippen LogP contribution in [0.1, 0.15) is 57.9 Å². The molecule has 2 aliphatic rings. The Labute approximate surface area is 183 Å². The lowest BCUT2D eigenvalue weighted by atomic mass is 9.83. The molecule has 0 unspecified atom stereocenters. The van der Waals surface area contributed by atoms with E-state index in [4.69, 9.17) is 4.74 Å². The van der Waals surface area contributed by atoms with Crippen molar-refractivity contribution in [1.29, 1.82) is 0 Å². The van der Waals surface area contributed by atoms with Gasteiger partial charge in [0.2, 0.25) is 11.7 Å². The molecule has 2 aliphatic heterocycles. The molecule has 0 aromatic heterocycles. The summed E-state index contributed by atoms with van der Waals surface area (Å²) in [5.41, 5.74) is -0.425. The average molecular weight is 429 g/mol. The van der Waals surface area contributed by atoms with E-state index in [1.807, 2.05) is 37.3 Å². The number of aryl methyl sites for hydroxylation is 1. The highest BCUT2D eigenvalue weighted by Crippen LogP contribution is 2.38. The second-order valence-corrected chi connectivity index (χ2v) is 8.57. The van der Waals surface area contributed by atoms with Gasteiger partial charge in [0.1, 0.15) is 0 Å². The summed E-state index contributed by atoms with van der Waals surface area (Å²) < 4.78 is 4.96. The van der Waals surface area contributed by atoms with Crippen LogP contribution in [0, 0.1) is 0 Å². The summed E-state index contributed by atoms with van der Waals surface area (Å²) in [6.07, 6.45) is 3.91. The van der Waals surface area contributed by atoms with Crippen LogP contribution in [0.2, 0.25) is 0 Å². The summed E-state index contributed by atoms with van der Waals surface area (Å²) in [5.74, 6) is -1.53. The fourth-order valence-corrected chi connectivity index (χ4v) is 4.81. The summed E-state index contributed by atoms with van der Waals surface area (Å²) in [6.45, 7) is 3.36. The maximum absolute atomic E-state index is 13.5. The minimum Gasteiger partial charge on any atom is -0.458 e. The molecule has 0 bridgehead atoms. The van der Waals surface area contributed by atoms with Crippen molar-refractivity contribution in [2.24, 2.45) is 0 Å². The lowest BCUT2D eigenvalue weighted by Gasteiger charge is -2.39. The van der Waals surface area contributed by atoms with Crippen molar-refractivity contribution in [2.45, 2.75) is 76.4 Å². The summed E-state index contributed by atoms with van der Waals surface area (Å²) in [6, 6.07) is 9.26. The first kappa shape index (κ1) is 23.1. The molecular weight excluding hydrogens is 396 g/mol. The molecule has 1 aromatic carbocycles. The van der Waals surface area contributed by atoms with Crippen LogP contribution in [0.4, 0.5) is 0 Å². The topological polar surface area (TPSA) is 92.8 Å². The van der Waals surface area contributed by atoms with Crippen LogP contribution >= 0.6 is 0 Å². The zero-order valence-electron chi connectivity index (χ0n) is 18.4. The molecule has 2 saturated heterocycles. The van der Waals surface area contributed by atoms with E-state index < -0.39 is 23.9 Å². The molecule has 7 nitrogen and oxygen atoms in total. The molecule has 1 aromatic rings. The van der Waals surface area contributed by atoms with Crippen molar-refractivity contribution < 1.29 is 23.9 Å². The van der Waals surface area contributed by atoms with Crippen LogP contribution in [0.3, 0.4) is 0 Å². The van der Waals surface area contributed by atoms with Crippen molar-refractivity contribution in [3.8, 4) is 0 Å². The van der Waals surface area contributed by atoms with E-state index in [9.17, 15) is 19.2 Å². The SMILES string of the molecule is CC(=O)OCC(=O)[C@@]1(C(=O)CCCc2ccccc2)CC[C@@H](C)N1C(=O)[C@@H]1CCCN1. The second-order valence-electron chi connectivity index (χ2n) is 8.57. The molecule has 2 fully saturated rings. The molecule has 0 saturated carbocycles. The molecule has 168 valence electrons. The van der Waals surface area contributed by atoms with Crippen LogP contribution in [0.15, 0.2) is 30.3 Å². The van der Waals surface area contributed by atoms with Crippen molar-refractivity contribution in [3.05, 3.63) is 35.9 Å². The Hall–Kier alpha value is -2.54. The first-order chi connectivity index (χ1) is 14.9. The van der Waals surface area contributed by atoms with Gasteiger partial charge in [0.05, 0.1) is 6.04 Å².